The molecule has 1 N–H and O–H groups in total. The van der Waals surface area contributed by atoms with Crippen LogP contribution in [0.1, 0.15) is 58.2 Å². The molecule has 0 radical (unpaired) electrons. The zero-order chi connectivity index (χ0) is 35.6. The van der Waals surface area contributed by atoms with Gasteiger partial charge in [0.1, 0.15) is 17.5 Å². The number of carbonyl (C=O) groups excluding carboxylic acids is 1. The zero-order valence-electron chi connectivity index (χ0n) is 29.1. The largest absolute Gasteiger partial charge is 0.482 e. The Kier molecular flexibility index (Phi) is 10.8. The van der Waals surface area contributed by atoms with Crippen molar-refractivity contribution in [1.29, 1.82) is 0 Å². The molecule has 0 bridgehead atoms. The molecule has 4 heterocycles. The number of likely N-dealkylation sites (tertiary alicyclic amines) is 1. The van der Waals surface area contributed by atoms with Crippen LogP contribution in [0, 0.1) is 5.82 Å². The summed E-state index contributed by atoms with van der Waals surface area (Å²) in [5.74, 6) is 0.350. The number of nitrogens with zero attached hydrogens (tertiary/aromatic N) is 6. The number of likely N-dealkylation sites (N-methyl/N-ethyl adjacent to an activating group) is 1. The van der Waals surface area contributed by atoms with Gasteiger partial charge >= 0.3 is 6.09 Å². The van der Waals surface area contributed by atoms with Crippen molar-refractivity contribution >= 4 is 46.5 Å². The summed E-state index contributed by atoms with van der Waals surface area (Å²) in [6.45, 7) is 12.6. The highest BCUT2D eigenvalue weighted by Gasteiger charge is 2.28. The summed E-state index contributed by atoms with van der Waals surface area (Å²) in [6.07, 6.45) is 6.10. The highest BCUT2D eigenvalue weighted by atomic mass is 35.5. The second kappa shape index (κ2) is 15.0. The van der Waals surface area contributed by atoms with Gasteiger partial charge in [-0.1, -0.05) is 23.2 Å². The Bertz CT molecular complexity index is 1800. The number of pyridine rings is 1. The van der Waals surface area contributed by atoms with Crippen molar-refractivity contribution in [3.63, 3.8) is 0 Å². The number of anilines is 3. The fourth-order valence-electron chi connectivity index (χ4n) is 6.23. The third-order valence-electron chi connectivity index (χ3n) is 9.07. The molecule has 1 atom stereocenters. The number of piperazine rings is 1. The van der Waals surface area contributed by atoms with E-state index in [4.69, 9.17) is 37.7 Å². The van der Waals surface area contributed by atoms with Crippen molar-refractivity contribution in [2.45, 2.75) is 58.3 Å². The van der Waals surface area contributed by atoms with Crippen LogP contribution in [0.15, 0.2) is 61.1 Å². The van der Waals surface area contributed by atoms with Crippen LogP contribution in [0.4, 0.5) is 26.4 Å². The highest BCUT2D eigenvalue weighted by molar-refractivity contribution is 6.36. The van der Waals surface area contributed by atoms with Gasteiger partial charge in [0.15, 0.2) is 11.6 Å². The van der Waals surface area contributed by atoms with Crippen LogP contribution in [0.5, 0.6) is 5.75 Å². The monoisotopic (exact) mass is 723 g/mol. The maximum absolute atomic E-state index is 14.5. The molecule has 2 aliphatic rings. The molecule has 2 saturated heterocycles. The summed E-state index contributed by atoms with van der Waals surface area (Å²) in [5.41, 5.74) is 3.47. The molecule has 6 rings (SSSR count). The van der Waals surface area contributed by atoms with E-state index in [9.17, 15) is 9.18 Å². The van der Waals surface area contributed by atoms with E-state index in [1.807, 2.05) is 49.8 Å². The zero-order valence-corrected chi connectivity index (χ0v) is 30.6. The van der Waals surface area contributed by atoms with Gasteiger partial charge in [-0.3, -0.25) is 4.68 Å². The van der Waals surface area contributed by atoms with Gasteiger partial charge in [-0.05, 0) is 90.0 Å². The molecule has 13 heteroatoms. The van der Waals surface area contributed by atoms with Crippen molar-refractivity contribution in [3.05, 3.63) is 82.5 Å². The maximum Gasteiger partial charge on any atom is 0.410 e. The Balaban J connectivity index is 1.22. The van der Waals surface area contributed by atoms with E-state index in [-0.39, 0.29) is 17.2 Å². The van der Waals surface area contributed by atoms with E-state index >= 15 is 0 Å². The van der Waals surface area contributed by atoms with Gasteiger partial charge in [-0.2, -0.15) is 5.10 Å². The van der Waals surface area contributed by atoms with Gasteiger partial charge in [-0.15, -0.1) is 0 Å². The summed E-state index contributed by atoms with van der Waals surface area (Å²) in [6, 6.07) is 13.0. The molecule has 2 fully saturated rings. The Hall–Kier alpha value is -4.06. The van der Waals surface area contributed by atoms with E-state index < -0.39 is 17.5 Å². The standard InChI is InChI=1S/C37H44Cl2FN7O3/c1-24(33-30(38)10-11-31(40)34(33)39)49-32-20-25(21-41-35(32)43-27-6-8-28(9-7-27)45-18-16-44(5)17-19-45)26-22-42-47(23-26)29-12-14-46(15-13-29)36(48)50-37(2,3)4/h6-11,20-24,29H,12-19H2,1-5H3,(H,41,43)/t24-/m1/s1. The van der Waals surface area contributed by atoms with Crippen LogP contribution in [-0.4, -0.2) is 82.6 Å². The molecule has 0 saturated carbocycles. The van der Waals surface area contributed by atoms with Crippen molar-refractivity contribution in [2.75, 3.05) is 56.5 Å². The van der Waals surface area contributed by atoms with E-state index in [0.29, 0.717) is 35.2 Å². The minimum atomic E-state index is -0.694. The summed E-state index contributed by atoms with van der Waals surface area (Å²) in [5, 5.41) is 8.30. The van der Waals surface area contributed by atoms with Crippen LogP contribution >= 0.6 is 23.2 Å². The molecule has 266 valence electrons. The SMILES string of the molecule is C[C@@H](Oc1cc(-c2cnn(C3CCN(C(=O)OC(C)(C)C)CC3)c2)cnc1Nc1ccc(N2CCN(C)CC2)cc1)c1c(Cl)ccc(F)c1Cl. The molecule has 4 aromatic rings. The number of hydrogen-bond donors (Lipinski definition) is 1. The second-order valence-corrected chi connectivity index (χ2v) is 14.7. The van der Waals surface area contributed by atoms with Gasteiger partial charge in [-0.25, -0.2) is 14.2 Å². The number of nitrogens with one attached hydrogen (secondary N) is 1. The first-order valence-corrected chi connectivity index (χ1v) is 17.7. The maximum atomic E-state index is 14.5. The average molecular weight is 725 g/mol. The first-order chi connectivity index (χ1) is 23.8. The first-order valence-electron chi connectivity index (χ1n) is 17.0. The minimum absolute atomic E-state index is 0.0814. The fraction of sp³-hybridized carbons (Fsp3) is 0.432. The van der Waals surface area contributed by atoms with Crippen LogP contribution in [0.3, 0.4) is 0 Å². The van der Waals surface area contributed by atoms with E-state index in [1.165, 1.54) is 17.8 Å². The van der Waals surface area contributed by atoms with Gasteiger partial charge in [0.25, 0.3) is 0 Å². The van der Waals surface area contributed by atoms with Crippen molar-refractivity contribution in [3.8, 4) is 16.9 Å². The van der Waals surface area contributed by atoms with E-state index in [0.717, 1.165) is 55.8 Å². The summed E-state index contributed by atoms with van der Waals surface area (Å²) in [7, 11) is 2.14. The minimum Gasteiger partial charge on any atom is -0.482 e. The number of ether oxygens (including phenoxy) is 2. The lowest BCUT2D eigenvalue weighted by atomic mass is 10.1. The Morgan fingerprint density at radius 3 is 2.36 bits per heavy atom. The Labute approximate surface area is 303 Å². The molecule has 0 spiro atoms. The summed E-state index contributed by atoms with van der Waals surface area (Å²) in [4.78, 5) is 23.8. The Morgan fingerprint density at radius 1 is 0.980 bits per heavy atom. The fourth-order valence-corrected chi connectivity index (χ4v) is 6.91. The summed E-state index contributed by atoms with van der Waals surface area (Å²) >= 11 is 12.8. The number of amides is 1. The molecule has 0 unspecified atom stereocenters. The number of benzene rings is 2. The molecule has 1 amide bonds. The number of piperidine rings is 1. The lowest BCUT2D eigenvalue weighted by molar-refractivity contribution is 0.0184. The van der Waals surface area contributed by atoms with Crippen molar-refractivity contribution < 1.29 is 18.7 Å². The number of rotatable bonds is 8. The van der Waals surface area contributed by atoms with Crippen LogP contribution in [0.2, 0.25) is 10.0 Å². The quantitative estimate of drug-likeness (QED) is 0.181. The van der Waals surface area contributed by atoms with Crippen LogP contribution < -0.4 is 15.0 Å². The van der Waals surface area contributed by atoms with Gasteiger partial charge in [0.05, 0.1) is 17.3 Å². The number of carbonyl (C=O) groups is 1. The summed E-state index contributed by atoms with van der Waals surface area (Å²) < 4.78 is 28.4. The number of halogens is 3. The lowest BCUT2D eigenvalue weighted by Crippen LogP contribution is -2.44. The van der Waals surface area contributed by atoms with Crippen molar-refractivity contribution in [2.24, 2.45) is 0 Å². The second-order valence-electron chi connectivity index (χ2n) is 14.0. The topological polar surface area (TPSA) is 88.0 Å². The van der Waals surface area contributed by atoms with E-state index in [1.54, 1.807) is 24.2 Å². The van der Waals surface area contributed by atoms with Gasteiger partial charge in [0.2, 0.25) is 0 Å². The van der Waals surface area contributed by atoms with Crippen molar-refractivity contribution in [1.82, 2.24) is 24.6 Å². The predicted molar refractivity (Wildman–Crippen MR) is 196 cm³/mol. The molecule has 2 aromatic heterocycles. The van der Waals surface area contributed by atoms with Crippen LogP contribution in [0.25, 0.3) is 11.1 Å². The lowest BCUT2D eigenvalue weighted by Gasteiger charge is -2.34. The molecular weight excluding hydrogens is 680 g/mol. The van der Waals surface area contributed by atoms with Crippen LogP contribution in [-0.2, 0) is 4.74 Å². The molecule has 0 aliphatic carbocycles. The third-order valence-corrected chi connectivity index (χ3v) is 9.78. The van der Waals surface area contributed by atoms with Gasteiger partial charge in [0, 0.05) is 84.7 Å². The molecule has 2 aromatic carbocycles. The van der Waals surface area contributed by atoms with Gasteiger partial charge < -0.3 is 29.5 Å². The number of hydrogen-bond acceptors (Lipinski definition) is 8. The molecular formula is C37H44Cl2FN7O3. The molecule has 2 aliphatic heterocycles. The average Bonchev–Trinajstić information content (AvgIpc) is 3.58. The normalized spacial score (nSPS) is 16.7. The highest BCUT2D eigenvalue weighted by Crippen LogP contribution is 2.39. The first kappa shape index (κ1) is 35.8. The van der Waals surface area contributed by atoms with E-state index in [2.05, 4.69) is 39.4 Å². The third kappa shape index (κ3) is 8.45. The molecule has 50 heavy (non-hydrogen) atoms. The Morgan fingerprint density at radius 2 is 1.68 bits per heavy atom. The smallest absolute Gasteiger partial charge is 0.410 e. The molecule has 10 nitrogen and oxygen atoms in total. The number of aromatic nitrogens is 3. The predicted octanol–water partition coefficient (Wildman–Crippen LogP) is 8.60.